The topological polar surface area (TPSA) is 92.5 Å². The molecule has 1 fully saturated rings. The standard InChI is InChI=1S/C15H19N3O3.ClH/c1-15(2,16)14(21)17-11-5-3-10(4-6-11)9-18-12(19)7-8-13(18)20;/h3-6H,7-9,16H2,1-2H3,(H,17,21);1H. The zero-order valence-electron chi connectivity index (χ0n) is 12.6. The molecule has 0 aromatic heterocycles. The van der Waals surface area contributed by atoms with Crippen molar-refractivity contribution < 1.29 is 14.4 Å². The highest BCUT2D eigenvalue weighted by atomic mass is 35.5. The average Bonchev–Trinajstić information content (AvgIpc) is 2.71. The Morgan fingerprint density at radius 1 is 1.18 bits per heavy atom. The molecule has 0 atom stereocenters. The second-order valence-electron chi connectivity index (χ2n) is 5.75. The van der Waals surface area contributed by atoms with Gasteiger partial charge in [-0.25, -0.2) is 0 Å². The van der Waals surface area contributed by atoms with Crippen molar-refractivity contribution in [1.29, 1.82) is 0 Å². The van der Waals surface area contributed by atoms with Gasteiger partial charge < -0.3 is 11.1 Å². The molecule has 0 radical (unpaired) electrons. The van der Waals surface area contributed by atoms with Crippen molar-refractivity contribution in [1.82, 2.24) is 4.90 Å². The number of benzene rings is 1. The van der Waals surface area contributed by atoms with Crippen LogP contribution in [0.3, 0.4) is 0 Å². The lowest BCUT2D eigenvalue weighted by Gasteiger charge is -2.18. The lowest BCUT2D eigenvalue weighted by molar-refractivity contribution is -0.139. The maximum atomic E-state index is 11.7. The third-order valence-corrected chi connectivity index (χ3v) is 3.29. The number of carbonyl (C=O) groups is 3. The number of anilines is 1. The van der Waals surface area contributed by atoms with Crippen LogP contribution in [0.1, 0.15) is 32.3 Å². The van der Waals surface area contributed by atoms with Crippen molar-refractivity contribution in [3.8, 4) is 0 Å². The normalized spacial score (nSPS) is 14.8. The smallest absolute Gasteiger partial charge is 0.243 e. The number of halogens is 1. The van der Waals surface area contributed by atoms with E-state index in [0.29, 0.717) is 18.5 Å². The molecule has 3 N–H and O–H groups in total. The number of rotatable bonds is 4. The largest absolute Gasteiger partial charge is 0.325 e. The first-order chi connectivity index (χ1) is 9.77. The third kappa shape index (κ3) is 4.29. The van der Waals surface area contributed by atoms with E-state index >= 15 is 0 Å². The van der Waals surface area contributed by atoms with E-state index in [2.05, 4.69) is 5.32 Å². The van der Waals surface area contributed by atoms with Gasteiger partial charge in [0.2, 0.25) is 17.7 Å². The Labute approximate surface area is 135 Å². The van der Waals surface area contributed by atoms with Crippen LogP contribution in [0.15, 0.2) is 24.3 Å². The molecule has 1 saturated heterocycles. The van der Waals surface area contributed by atoms with Gasteiger partial charge in [-0.3, -0.25) is 19.3 Å². The molecule has 1 aromatic carbocycles. The van der Waals surface area contributed by atoms with Crippen LogP contribution in [0.5, 0.6) is 0 Å². The van der Waals surface area contributed by atoms with Crippen LogP contribution in [0.25, 0.3) is 0 Å². The van der Waals surface area contributed by atoms with E-state index in [1.807, 2.05) is 0 Å². The van der Waals surface area contributed by atoms with Gasteiger partial charge in [0, 0.05) is 18.5 Å². The predicted octanol–water partition coefficient (Wildman–Crippen LogP) is 1.43. The minimum atomic E-state index is -0.951. The summed E-state index contributed by atoms with van der Waals surface area (Å²) in [5.41, 5.74) is 6.21. The molecule has 1 heterocycles. The Hall–Kier alpha value is -1.92. The highest BCUT2D eigenvalue weighted by Gasteiger charge is 2.28. The van der Waals surface area contributed by atoms with Gasteiger partial charge in [0.05, 0.1) is 12.1 Å². The molecule has 0 unspecified atom stereocenters. The minimum absolute atomic E-state index is 0. The molecule has 0 aliphatic carbocycles. The number of hydrogen-bond donors (Lipinski definition) is 2. The second-order valence-corrected chi connectivity index (χ2v) is 5.75. The lowest BCUT2D eigenvalue weighted by atomic mass is 10.1. The Balaban J connectivity index is 0.00000242. The van der Waals surface area contributed by atoms with E-state index in [-0.39, 0.29) is 36.7 Å². The summed E-state index contributed by atoms with van der Waals surface area (Å²) >= 11 is 0. The molecule has 1 aliphatic heterocycles. The SMILES string of the molecule is CC(C)(N)C(=O)Nc1ccc(CN2C(=O)CCC2=O)cc1.Cl. The van der Waals surface area contributed by atoms with Crippen molar-refractivity contribution in [2.75, 3.05) is 5.32 Å². The lowest BCUT2D eigenvalue weighted by Crippen LogP contribution is -2.45. The maximum absolute atomic E-state index is 11.7. The molecular formula is C15H20ClN3O3. The predicted molar refractivity (Wildman–Crippen MR) is 85.4 cm³/mol. The summed E-state index contributed by atoms with van der Waals surface area (Å²) in [5, 5.41) is 2.71. The molecule has 6 nitrogen and oxygen atoms in total. The molecule has 2 rings (SSSR count). The van der Waals surface area contributed by atoms with Gasteiger partial charge in [-0.15, -0.1) is 12.4 Å². The molecule has 1 aliphatic rings. The van der Waals surface area contributed by atoms with Crippen LogP contribution in [0.4, 0.5) is 5.69 Å². The van der Waals surface area contributed by atoms with Gasteiger partial charge in [0.15, 0.2) is 0 Å². The first-order valence-corrected chi connectivity index (χ1v) is 6.80. The van der Waals surface area contributed by atoms with Gasteiger partial charge in [0.25, 0.3) is 0 Å². The monoisotopic (exact) mass is 325 g/mol. The number of nitrogens with zero attached hydrogens (tertiary/aromatic N) is 1. The fourth-order valence-electron chi connectivity index (χ4n) is 1.97. The molecule has 1 aromatic rings. The summed E-state index contributed by atoms with van der Waals surface area (Å²) in [4.78, 5) is 36.1. The van der Waals surface area contributed by atoms with E-state index in [9.17, 15) is 14.4 Å². The summed E-state index contributed by atoms with van der Waals surface area (Å²) < 4.78 is 0. The maximum Gasteiger partial charge on any atom is 0.243 e. The van der Waals surface area contributed by atoms with Crippen LogP contribution >= 0.6 is 12.4 Å². The molecule has 7 heteroatoms. The Bertz CT molecular complexity index is 563. The fourth-order valence-corrected chi connectivity index (χ4v) is 1.97. The van der Waals surface area contributed by atoms with Crippen LogP contribution in [0, 0.1) is 0 Å². The Kier molecular flexibility index (Phi) is 5.68. The molecular weight excluding hydrogens is 306 g/mol. The average molecular weight is 326 g/mol. The summed E-state index contributed by atoms with van der Waals surface area (Å²) in [6, 6.07) is 7.00. The molecule has 120 valence electrons. The zero-order valence-corrected chi connectivity index (χ0v) is 13.4. The number of carbonyl (C=O) groups excluding carboxylic acids is 3. The van der Waals surface area contributed by atoms with Crippen molar-refractivity contribution >= 4 is 35.8 Å². The number of nitrogens with two attached hydrogens (primary N) is 1. The number of likely N-dealkylation sites (tertiary alicyclic amines) is 1. The van der Waals surface area contributed by atoms with E-state index in [0.717, 1.165) is 5.56 Å². The summed E-state index contributed by atoms with van der Waals surface area (Å²) in [6.45, 7) is 3.52. The molecule has 3 amide bonds. The molecule has 0 spiro atoms. The van der Waals surface area contributed by atoms with Crippen LogP contribution < -0.4 is 11.1 Å². The van der Waals surface area contributed by atoms with Crippen molar-refractivity contribution in [3.05, 3.63) is 29.8 Å². The zero-order chi connectivity index (χ0) is 15.6. The van der Waals surface area contributed by atoms with E-state index in [1.54, 1.807) is 38.1 Å². The van der Waals surface area contributed by atoms with Crippen molar-refractivity contribution in [2.24, 2.45) is 5.73 Å². The second kappa shape index (κ2) is 6.89. The molecule has 0 bridgehead atoms. The van der Waals surface area contributed by atoms with Gasteiger partial charge >= 0.3 is 0 Å². The van der Waals surface area contributed by atoms with Gasteiger partial charge in [0.1, 0.15) is 0 Å². The first-order valence-electron chi connectivity index (χ1n) is 6.80. The van der Waals surface area contributed by atoms with E-state index in [4.69, 9.17) is 5.73 Å². The summed E-state index contributed by atoms with van der Waals surface area (Å²) in [7, 11) is 0. The number of hydrogen-bond acceptors (Lipinski definition) is 4. The fraction of sp³-hybridized carbons (Fsp3) is 0.400. The van der Waals surface area contributed by atoms with E-state index < -0.39 is 5.54 Å². The molecule has 0 saturated carbocycles. The van der Waals surface area contributed by atoms with Crippen LogP contribution in [-0.4, -0.2) is 28.2 Å². The van der Waals surface area contributed by atoms with Gasteiger partial charge in [-0.05, 0) is 31.5 Å². The van der Waals surface area contributed by atoms with Crippen LogP contribution in [-0.2, 0) is 20.9 Å². The number of amides is 3. The van der Waals surface area contributed by atoms with Crippen molar-refractivity contribution in [2.45, 2.75) is 38.8 Å². The van der Waals surface area contributed by atoms with E-state index in [1.165, 1.54) is 4.90 Å². The number of nitrogens with one attached hydrogen (secondary N) is 1. The van der Waals surface area contributed by atoms with Crippen molar-refractivity contribution in [3.63, 3.8) is 0 Å². The quantitative estimate of drug-likeness (QED) is 0.819. The Morgan fingerprint density at radius 3 is 2.14 bits per heavy atom. The highest BCUT2D eigenvalue weighted by Crippen LogP contribution is 2.17. The first kappa shape index (κ1) is 18.1. The van der Waals surface area contributed by atoms with Gasteiger partial charge in [-0.2, -0.15) is 0 Å². The Morgan fingerprint density at radius 2 is 1.68 bits per heavy atom. The highest BCUT2D eigenvalue weighted by molar-refractivity contribution is 6.01. The minimum Gasteiger partial charge on any atom is -0.325 e. The van der Waals surface area contributed by atoms with Crippen LogP contribution in [0.2, 0.25) is 0 Å². The van der Waals surface area contributed by atoms with Gasteiger partial charge in [-0.1, -0.05) is 12.1 Å². The summed E-state index contributed by atoms with van der Waals surface area (Å²) in [6.07, 6.45) is 0.580. The number of imide groups is 1. The summed E-state index contributed by atoms with van der Waals surface area (Å²) in [5.74, 6) is -0.551. The third-order valence-electron chi connectivity index (χ3n) is 3.29. The molecule has 22 heavy (non-hydrogen) atoms.